The lowest BCUT2D eigenvalue weighted by Gasteiger charge is -2.16. The number of carbonyl (C=O) groups is 2. The van der Waals surface area contributed by atoms with Crippen molar-refractivity contribution in [1.82, 2.24) is 4.90 Å². The third kappa shape index (κ3) is 3.12. The van der Waals surface area contributed by atoms with Crippen LogP contribution >= 0.6 is 11.8 Å². The molecule has 0 spiro atoms. The van der Waals surface area contributed by atoms with E-state index in [4.69, 9.17) is 0 Å². The van der Waals surface area contributed by atoms with Gasteiger partial charge in [-0.2, -0.15) is 11.8 Å². The van der Waals surface area contributed by atoms with Crippen LogP contribution < -0.4 is 0 Å². The molecule has 1 N–H and O–H groups in total. The van der Waals surface area contributed by atoms with E-state index in [2.05, 4.69) is 0 Å². The highest BCUT2D eigenvalue weighted by Crippen LogP contribution is 2.33. The van der Waals surface area contributed by atoms with Gasteiger partial charge < -0.3 is 10.0 Å². The lowest BCUT2D eigenvalue weighted by molar-refractivity contribution is -0.141. The van der Waals surface area contributed by atoms with Crippen molar-refractivity contribution < 1.29 is 19.1 Å². The van der Waals surface area contributed by atoms with Crippen molar-refractivity contribution >= 4 is 23.6 Å². The van der Waals surface area contributed by atoms with E-state index in [0.29, 0.717) is 12.3 Å². The SMILES string of the molecule is CSCC(=O)N1CC(C(=O)O)C(c2ccc(F)cc2)C1. The van der Waals surface area contributed by atoms with Crippen LogP contribution in [0.4, 0.5) is 4.39 Å². The number of benzene rings is 1. The van der Waals surface area contributed by atoms with Gasteiger partial charge in [0.25, 0.3) is 0 Å². The van der Waals surface area contributed by atoms with Crippen LogP contribution in [0.25, 0.3) is 0 Å². The number of carboxylic acid groups (broad SMARTS) is 1. The van der Waals surface area contributed by atoms with Crippen LogP contribution in [0.15, 0.2) is 24.3 Å². The van der Waals surface area contributed by atoms with Crippen molar-refractivity contribution in [3.63, 3.8) is 0 Å². The quantitative estimate of drug-likeness (QED) is 0.921. The number of likely N-dealkylation sites (tertiary alicyclic amines) is 1. The Hall–Kier alpha value is -1.56. The lowest BCUT2D eigenvalue weighted by atomic mass is 9.89. The van der Waals surface area contributed by atoms with Crippen LogP contribution in [0.1, 0.15) is 11.5 Å². The number of carboxylic acids is 1. The first-order chi connectivity index (χ1) is 9.52. The molecule has 2 unspecified atom stereocenters. The number of aliphatic carboxylic acids is 1. The molecule has 4 nitrogen and oxygen atoms in total. The molecule has 1 saturated heterocycles. The molecule has 1 aromatic rings. The average molecular weight is 297 g/mol. The Morgan fingerprint density at radius 3 is 2.55 bits per heavy atom. The fraction of sp³-hybridized carbons (Fsp3) is 0.429. The zero-order valence-electron chi connectivity index (χ0n) is 11.1. The van der Waals surface area contributed by atoms with E-state index in [0.717, 1.165) is 5.56 Å². The summed E-state index contributed by atoms with van der Waals surface area (Å²) in [6, 6.07) is 5.83. The summed E-state index contributed by atoms with van der Waals surface area (Å²) in [5, 5.41) is 9.31. The van der Waals surface area contributed by atoms with Gasteiger partial charge in [0.05, 0.1) is 11.7 Å². The smallest absolute Gasteiger partial charge is 0.308 e. The summed E-state index contributed by atoms with van der Waals surface area (Å²) in [6.45, 7) is 0.596. The Morgan fingerprint density at radius 2 is 2.00 bits per heavy atom. The molecule has 0 aliphatic carbocycles. The second-order valence-corrected chi connectivity index (χ2v) is 5.70. The number of thioether (sulfide) groups is 1. The molecule has 1 fully saturated rings. The first-order valence-electron chi connectivity index (χ1n) is 6.28. The maximum atomic E-state index is 13.0. The molecule has 0 bridgehead atoms. The van der Waals surface area contributed by atoms with Crippen molar-refractivity contribution in [2.75, 3.05) is 25.1 Å². The standard InChI is InChI=1S/C14H16FNO3S/c1-20-8-13(17)16-6-11(12(7-16)14(18)19)9-2-4-10(15)5-3-9/h2-5,11-12H,6-8H2,1H3,(H,18,19). The maximum Gasteiger partial charge on any atom is 0.308 e. The minimum atomic E-state index is -0.918. The third-order valence-electron chi connectivity index (χ3n) is 3.56. The Morgan fingerprint density at radius 1 is 1.35 bits per heavy atom. The summed E-state index contributed by atoms with van der Waals surface area (Å²) in [5.41, 5.74) is 0.762. The summed E-state index contributed by atoms with van der Waals surface area (Å²) >= 11 is 1.42. The molecule has 6 heteroatoms. The molecule has 1 aliphatic heterocycles. The molecule has 2 atom stereocenters. The zero-order valence-corrected chi connectivity index (χ0v) is 11.9. The van der Waals surface area contributed by atoms with E-state index in [1.54, 1.807) is 17.0 Å². The molecule has 0 radical (unpaired) electrons. The Balaban J connectivity index is 2.19. The highest BCUT2D eigenvalue weighted by Gasteiger charge is 2.40. The number of halogens is 1. The van der Waals surface area contributed by atoms with Gasteiger partial charge in [0.2, 0.25) is 5.91 Å². The van der Waals surface area contributed by atoms with Gasteiger partial charge in [0, 0.05) is 19.0 Å². The second kappa shape index (κ2) is 6.26. The number of hydrogen-bond donors (Lipinski definition) is 1. The molecule has 1 heterocycles. The van der Waals surface area contributed by atoms with Crippen LogP contribution in [0.2, 0.25) is 0 Å². The Bertz CT molecular complexity index is 506. The van der Waals surface area contributed by atoms with E-state index in [-0.39, 0.29) is 24.2 Å². The minimum Gasteiger partial charge on any atom is -0.481 e. The Kier molecular flexibility index (Phi) is 4.65. The maximum absolute atomic E-state index is 13.0. The number of rotatable bonds is 4. The molecule has 108 valence electrons. The van der Waals surface area contributed by atoms with Gasteiger partial charge in [0.15, 0.2) is 0 Å². The normalized spacial score (nSPS) is 22.0. The Labute approximate surface area is 121 Å². The monoisotopic (exact) mass is 297 g/mol. The van der Waals surface area contributed by atoms with Crippen molar-refractivity contribution in [1.29, 1.82) is 0 Å². The van der Waals surface area contributed by atoms with Crippen molar-refractivity contribution in [2.45, 2.75) is 5.92 Å². The predicted octanol–water partition coefficient (Wildman–Crippen LogP) is 1.82. The van der Waals surface area contributed by atoms with Crippen LogP contribution in [-0.4, -0.2) is 47.0 Å². The summed E-state index contributed by atoms with van der Waals surface area (Å²) in [7, 11) is 0. The third-order valence-corrected chi connectivity index (χ3v) is 4.09. The molecular formula is C14H16FNO3S. The van der Waals surface area contributed by atoms with Crippen LogP contribution in [0, 0.1) is 11.7 Å². The predicted molar refractivity (Wildman–Crippen MR) is 75.2 cm³/mol. The topological polar surface area (TPSA) is 57.6 Å². The number of nitrogens with zero attached hydrogens (tertiary/aromatic N) is 1. The second-order valence-electron chi connectivity index (χ2n) is 4.83. The van der Waals surface area contributed by atoms with Gasteiger partial charge in [0.1, 0.15) is 5.82 Å². The van der Waals surface area contributed by atoms with Crippen LogP contribution in [0.3, 0.4) is 0 Å². The summed E-state index contributed by atoms with van der Waals surface area (Å²) in [4.78, 5) is 24.8. The van der Waals surface area contributed by atoms with Crippen molar-refractivity contribution in [3.8, 4) is 0 Å². The molecule has 1 amide bonds. The van der Waals surface area contributed by atoms with Crippen LogP contribution in [0.5, 0.6) is 0 Å². The molecule has 1 aromatic carbocycles. The van der Waals surface area contributed by atoms with Crippen molar-refractivity contribution in [2.24, 2.45) is 5.92 Å². The molecule has 20 heavy (non-hydrogen) atoms. The zero-order chi connectivity index (χ0) is 14.7. The fourth-order valence-electron chi connectivity index (χ4n) is 2.52. The number of carbonyl (C=O) groups excluding carboxylic acids is 1. The van der Waals surface area contributed by atoms with E-state index >= 15 is 0 Å². The average Bonchev–Trinajstić information content (AvgIpc) is 2.85. The van der Waals surface area contributed by atoms with Gasteiger partial charge in [-0.1, -0.05) is 12.1 Å². The van der Waals surface area contributed by atoms with E-state index in [9.17, 15) is 19.1 Å². The minimum absolute atomic E-state index is 0.0478. The highest BCUT2D eigenvalue weighted by atomic mass is 32.2. The highest BCUT2D eigenvalue weighted by molar-refractivity contribution is 7.99. The van der Waals surface area contributed by atoms with E-state index < -0.39 is 11.9 Å². The van der Waals surface area contributed by atoms with Crippen LogP contribution in [-0.2, 0) is 9.59 Å². The summed E-state index contributed by atoms with van der Waals surface area (Å²) in [5.74, 6) is -1.88. The molecule has 2 rings (SSSR count). The summed E-state index contributed by atoms with van der Waals surface area (Å²) in [6.07, 6.45) is 1.83. The van der Waals surface area contributed by atoms with E-state index in [1.165, 1.54) is 23.9 Å². The molecule has 1 aliphatic rings. The number of amides is 1. The molecular weight excluding hydrogens is 281 g/mol. The fourth-order valence-corrected chi connectivity index (χ4v) is 2.95. The lowest BCUT2D eigenvalue weighted by Crippen LogP contribution is -2.31. The van der Waals surface area contributed by atoms with E-state index in [1.807, 2.05) is 6.26 Å². The first kappa shape index (κ1) is 14.8. The van der Waals surface area contributed by atoms with Gasteiger partial charge >= 0.3 is 5.97 Å². The van der Waals surface area contributed by atoms with Gasteiger partial charge in [-0.15, -0.1) is 0 Å². The van der Waals surface area contributed by atoms with Gasteiger partial charge in [-0.05, 0) is 24.0 Å². The largest absolute Gasteiger partial charge is 0.481 e. The molecule has 0 saturated carbocycles. The number of hydrogen-bond acceptors (Lipinski definition) is 3. The molecule has 0 aromatic heterocycles. The van der Waals surface area contributed by atoms with Gasteiger partial charge in [-0.3, -0.25) is 9.59 Å². The van der Waals surface area contributed by atoms with Gasteiger partial charge in [-0.25, -0.2) is 4.39 Å². The first-order valence-corrected chi connectivity index (χ1v) is 7.67. The summed E-state index contributed by atoms with van der Waals surface area (Å²) < 4.78 is 13.0. The van der Waals surface area contributed by atoms with Crippen molar-refractivity contribution in [3.05, 3.63) is 35.6 Å².